The average molecular weight is 499 g/mol. The van der Waals surface area contributed by atoms with Gasteiger partial charge in [0.1, 0.15) is 6.33 Å². The highest BCUT2D eigenvalue weighted by Gasteiger charge is 2.17. The lowest BCUT2D eigenvalue weighted by molar-refractivity contribution is -0.131. The maximum atomic E-state index is 12.5. The minimum absolute atomic E-state index is 0.0783. The summed E-state index contributed by atoms with van der Waals surface area (Å²) in [5, 5.41) is 12.4. The van der Waals surface area contributed by atoms with Crippen molar-refractivity contribution >= 4 is 64.1 Å². The molecule has 0 spiro atoms. The zero-order valence-electron chi connectivity index (χ0n) is 16.6. The molecule has 0 aliphatic heterocycles. The third kappa shape index (κ3) is 5.92. The van der Waals surface area contributed by atoms with Crippen LogP contribution in [-0.4, -0.2) is 50.8 Å². The van der Waals surface area contributed by atoms with E-state index in [1.807, 2.05) is 25.1 Å². The number of rotatable bonds is 7. The Morgan fingerprint density at radius 2 is 1.84 bits per heavy atom. The largest absolute Gasteiger partial charge is 0.336 e. The van der Waals surface area contributed by atoms with Crippen LogP contribution < -0.4 is 5.32 Å². The van der Waals surface area contributed by atoms with Gasteiger partial charge in [-0.1, -0.05) is 58.7 Å². The zero-order valence-corrected chi connectivity index (χ0v) is 19.7. The first-order valence-electron chi connectivity index (χ1n) is 9.03. The van der Waals surface area contributed by atoms with E-state index in [1.54, 1.807) is 36.1 Å². The lowest BCUT2D eigenvalue weighted by Gasteiger charge is -2.17. The maximum absolute atomic E-state index is 12.5. The van der Waals surface area contributed by atoms with Crippen LogP contribution in [0.5, 0.6) is 0 Å². The van der Waals surface area contributed by atoms with E-state index in [2.05, 4.69) is 15.5 Å². The highest BCUT2D eigenvalue weighted by atomic mass is 35.5. The number of thioether (sulfide) groups is 1. The van der Waals surface area contributed by atoms with Crippen molar-refractivity contribution in [3.05, 3.63) is 63.4 Å². The fourth-order valence-electron chi connectivity index (χ4n) is 2.57. The van der Waals surface area contributed by atoms with E-state index in [-0.39, 0.29) is 18.2 Å². The summed E-state index contributed by atoms with van der Waals surface area (Å²) in [6.07, 6.45) is 1.55. The van der Waals surface area contributed by atoms with Crippen LogP contribution in [0.2, 0.25) is 15.1 Å². The average Bonchev–Trinajstić information content (AvgIpc) is 3.19. The number of halogens is 3. The fourth-order valence-corrected chi connectivity index (χ4v) is 4.10. The number of likely N-dealkylation sites (N-methyl/N-ethyl adjacent to an activating group) is 1. The van der Waals surface area contributed by atoms with Crippen LogP contribution in [0.4, 0.5) is 5.69 Å². The van der Waals surface area contributed by atoms with E-state index in [1.165, 1.54) is 16.7 Å². The molecule has 0 aliphatic carbocycles. The molecule has 2 aromatic carbocycles. The Bertz CT molecular complexity index is 1100. The predicted octanol–water partition coefficient (Wildman–Crippen LogP) is 4.73. The lowest BCUT2D eigenvalue weighted by atomic mass is 10.2. The normalized spacial score (nSPS) is 10.7. The number of nitrogens with zero attached hydrogens (tertiary/aromatic N) is 4. The van der Waals surface area contributed by atoms with E-state index in [0.717, 1.165) is 11.3 Å². The molecular weight excluding hydrogens is 481 g/mol. The number of carbonyl (C=O) groups excluding carboxylic acids is 2. The minimum Gasteiger partial charge on any atom is -0.336 e. The van der Waals surface area contributed by atoms with Crippen LogP contribution in [-0.2, 0) is 9.59 Å². The molecule has 3 aromatic rings. The number of amides is 2. The maximum Gasteiger partial charge on any atom is 0.244 e. The molecule has 0 radical (unpaired) electrons. The van der Waals surface area contributed by atoms with Crippen LogP contribution >= 0.6 is 46.6 Å². The molecule has 1 aromatic heterocycles. The molecule has 1 heterocycles. The van der Waals surface area contributed by atoms with Gasteiger partial charge in [0.15, 0.2) is 5.16 Å². The van der Waals surface area contributed by atoms with E-state index < -0.39 is 5.91 Å². The number of para-hydroxylation sites is 1. The van der Waals surface area contributed by atoms with Crippen LogP contribution in [0.3, 0.4) is 0 Å². The molecule has 162 valence electrons. The molecule has 3 rings (SSSR count). The minimum atomic E-state index is -0.409. The van der Waals surface area contributed by atoms with Crippen LogP contribution in [0.15, 0.2) is 47.9 Å². The van der Waals surface area contributed by atoms with Crippen molar-refractivity contribution in [3.63, 3.8) is 0 Å². The van der Waals surface area contributed by atoms with Gasteiger partial charge < -0.3 is 10.2 Å². The first kappa shape index (κ1) is 23.4. The highest BCUT2D eigenvalue weighted by molar-refractivity contribution is 7.99. The molecular formula is C20H18Cl3N5O2S. The summed E-state index contributed by atoms with van der Waals surface area (Å²) >= 11 is 19.5. The molecule has 1 N–H and O–H groups in total. The van der Waals surface area contributed by atoms with Gasteiger partial charge in [-0.25, -0.2) is 0 Å². The van der Waals surface area contributed by atoms with Gasteiger partial charge in [-0.3, -0.25) is 14.2 Å². The van der Waals surface area contributed by atoms with E-state index in [4.69, 9.17) is 34.8 Å². The number of hydrogen-bond donors (Lipinski definition) is 1. The molecule has 0 fully saturated rings. The molecule has 2 amide bonds. The number of aryl methyl sites for hydroxylation is 1. The van der Waals surface area contributed by atoms with Gasteiger partial charge in [0, 0.05) is 12.1 Å². The molecule has 7 nitrogen and oxygen atoms in total. The number of benzene rings is 2. The van der Waals surface area contributed by atoms with Gasteiger partial charge in [0.05, 0.1) is 33.7 Å². The second kappa shape index (κ2) is 10.4. The summed E-state index contributed by atoms with van der Waals surface area (Å²) in [5.41, 5.74) is 2.07. The number of aromatic nitrogens is 3. The summed E-state index contributed by atoms with van der Waals surface area (Å²) < 4.78 is 1.75. The van der Waals surface area contributed by atoms with Gasteiger partial charge in [-0.15, -0.1) is 10.2 Å². The summed E-state index contributed by atoms with van der Waals surface area (Å²) in [7, 11) is 1.54. The quantitative estimate of drug-likeness (QED) is 0.477. The van der Waals surface area contributed by atoms with Crippen molar-refractivity contribution in [2.24, 2.45) is 0 Å². The fraction of sp³-hybridized carbons (Fsp3) is 0.200. The molecule has 0 saturated heterocycles. The standard InChI is InChI=1S/C20H18Cl3N5O2S/c1-12-6-7-13(8-16(12)23)28-11-24-26-20(28)31-10-18(30)27(2)9-17(29)25-19-14(21)4-3-5-15(19)22/h3-8,11H,9-10H2,1-2H3,(H,25,29). The van der Waals surface area contributed by atoms with Crippen molar-refractivity contribution in [1.29, 1.82) is 0 Å². The molecule has 0 aliphatic rings. The monoisotopic (exact) mass is 497 g/mol. The summed E-state index contributed by atoms with van der Waals surface area (Å²) in [5.74, 6) is -0.579. The Morgan fingerprint density at radius 3 is 2.52 bits per heavy atom. The van der Waals surface area contributed by atoms with Gasteiger partial charge >= 0.3 is 0 Å². The topological polar surface area (TPSA) is 80.1 Å². The van der Waals surface area contributed by atoms with Crippen molar-refractivity contribution in [2.45, 2.75) is 12.1 Å². The predicted molar refractivity (Wildman–Crippen MR) is 125 cm³/mol. The van der Waals surface area contributed by atoms with Crippen molar-refractivity contribution in [2.75, 3.05) is 24.7 Å². The SMILES string of the molecule is Cc1ccc(-n2cnnc2SCC(=O)N(C)CC(=O)Nc2c(Cl)cccc2Cl)cc1Cl. The second-order valence-corrected chi connectivity index (χ2v) is 8.76. The molecule has 0 bridgehead atoms. The smallest absolute Gasteiger partial charge is 0.244 e. The molecule has 31 heavy (non-hydrogen) atoms. The lowest BCUT2D eigenvalue weighted by Crippen LogP contribution is -2.36. The number of carbonyl (C=O) groups is 2. The second-order valence-electron chi connectivity index (χ2n) is 6.60. The van der Waals surface area contributed by atoms with E-state index in [9.17, 15) is 9.59 Å². The summed E-state index contributed by atoms with van der Waals surface area (Å²) in [4.78, 5) is 26.1. The molecule has 11 heteroatoms. The third-order valence-electron chi connectivity index (χ3n) is 4.31. The highest BCUT2D eigenvalue weighted by Crippen LogP contribution is 2.29. The van der Waals surface area contributed by atoms with Crippen LogP contribution in [0, 0.1) is 6.92 Å². The third-order valence-corrected chi connectivity index (χ3v) is 6.27. The first-order chi connectivity index (χ1) is 14.8. The first-order valence-corrected chi connectivity index (χ1v) is 11.2. The van der Waals surface area contributed by atoms with Crippen LogP contribution in [0.25, 0.3) is 5.69 Å². The van der Waals surface area contributed by atoms with Gasteiger partial charge in [0.25, 0.3) is 0 Å². The molecule has 0 saturated carbocycles. The zero-order chi connectivity index (χ0) is 22.5. The number of nitrogens with one attached hydrogen (secondary N) is 1. The molecule has 0 unspecified atom stereocenters. The van der Waals surface area contributed by atoms with Crippen molar-refractivity contribution in [3.8, 4) is 5.69 Å². The van der Waals surface area contributed by atoms with Crippen molar-refractivity contribution in [1.82, 2.24) is 19.7 Å². The summed E-state index contributed by atoms with van der Waals surface area (Å²) in [6.45, 7) is 1.76. The Balaban J connectivity index is 1.58. The van der Waals surface area contributed by atoms with E-state index in [0.29, 0.717) is 25.9 Å². The number of anilines is 1. The van der Waals surface area contributed by atoms with Crippen molar-refractivity contribution < 1.29 is 9.59 Å². The Labute approximate surface area is 198 Å². The van der Waals surface area contributed by atoms with Gasteiger partial charge in [-0.2, -0.15) is 0 Å². The number of hydrogen-bond acceptors (Lipinski definition) is 5. The van der Waals surface area contributed by atoms with Gasteiger partial charge in [-0.05, 0) is 36.8 Å². The Kier molecular flexibility index (Phi) is 7.83. The van der Waals surface area contributed by atoms with Gasteiger partial charge in [0.2, 0.25) is 11.8 Å². The molecule has 0 atom stereocenters. The summed E-state index contributed by atoms with van der Waals surface area (Å²) in [6, 6.07) is 10.5. The van der Waals surface area contributed by atoms with Crippen LogP contribution in [0.1, 0.15) is 5.56 Å². The Hall–Kier alpha value is -2.26. The van der Waals surface area contributed by atoms with E-state index >= 15 is 0 Å². The Morgan fingerprint density at radius 1 is 1.13 bits per heavy atom.